The van der Waals surface area contributed by atoms with Crippen LogP contribution in [0.4, 0.5) is 5.69 Å². The zero-order valence-electron chi connectivity index (χ0n) is 11.7. The number of amides is 1. The van der Waals surface area contributed by atoms with Gasteiger partial charge in [0, 0.05) is 34.3 Å². The van der Waals surface area contributed by atoms with Gasteiger partial charge in [0.25, 0.3) is 0 Å². The van der Waals surface area contributed by atoms with Crippen molar-refractivity contribution in [2.45, 2.75) is 6.42 Å². The van der Waals surface area contributed by atoms with E-state index in [1.54, 1.807) is 6.07 Å². The summed E-state index contributed by atoms with van der Waals surface area (Å²) in [4.78, 5) is 11.5. The molecule has 0 spiro atoms. The first-order valence-corrected chi connectivity index (χ1v) is 7.16. The van der Waals surface area contributed by atoms with E-state index in [9.17, 15) is 4.79 Å². The smallest absolute Gasteiger partial charge is 0.228 e. The molecule has 110 valence electrons. The summed E-state index contributed by atoms with van der Waals surface area (Å²) in [5.74, 6) is -0.00596. The molecule has 0 radical (unpaired) electrons. The maximum absolute atomic E-state index is 11.5. The molecule has 4 nitrogen and oxygen atoms in total. The Balaban J connectivity index is 2.19. The number of benzene rings is 2. The van der Waals surface area contributed by atoms with Gasteiger partial charge in [-0.15, -0.1) is 0 Å². The normalized spacial score (nSPS) is 13.7. The summed E-state index contributed by atoms with van der Waals surface area (Å²) in [7, 11) is 0. The van der Waals surface area contributed by atoms with Crippen molar-refractivity contribution in [1.29, 1.82) is 5.41 Å². The zero-order chi connectivity index (χ0) is 15.7. The first-order chi connectivity index (χ1) is 10.6. The summed E-state index contributed by atoms with van der Waals surface area (Å²) in [5, 5.41) is 10.9. The number of hydrogen-bond acceptors (Lipinski definition) is 3. The Kier molecular flexibility index (Phi) is 3.69. The minimum Gasteiger partial charge on any atom is -0.404 e. The second kappa shape index (κ2) is 5.66. The van der Waals surface area contributed by atoms with Crippen LogP contribution in [-0.4, -0.2) is 12.1 Å². The summed E-state index contributed by atoms with van der Waals surface area (Å²) in [6, 6.07) is 11.2. The molecule has 5 heteroatoms. The van der Waals surface area contributed by atoms with Crippen molar-refractivity contribution in [2.24, 2.45) is 5.73 Å². The molecule has 1 aliphatic heterocycles. The molecule has 2 aromatic rings. The maximum Gasteiger partial charge on any atom is 0.228 e. The Bertz CT molecular complexity index is 812. The van der Waals surface area contributed by atoms with Gasteiger partial charge in [-0.3, -0.25) is 4.79 Å². The van der Waals surface area contributed by atoms with Crippen molar-refractivity contribution in [1.82, 2.24) is 0 Å². The van der Waals surface area contributed by atoms with Crippen LogP contribution in [0.25, 0.3) is 16.7 Å². The van der Waals surface area contributed by atoms with E-state index in [1.807, 2.05) is 30.3 Å². The summed E-state index contributed by atoms with van der Waals surface area (Å²) in [6.45, 7) is 0. The minimum atomic E-state index is -0.00596. The van der Waals surface area contributed by atoms with Crippen LogP contribution in [0.2, 0.25) is 5.02 Å². The first kappa shape index (κ1) is 14.4. The van der Waals surface area contributed by atoms with E-state index in [0.717, 1.165) is 27.9 Å². The monoisotopic (exact) mass is 311 g/mol. The number of carbonyl (C=O) groups excluding carboxylic acids is 1. The van der Waals surface area contributed by atoms with Crippen molar-refractivity contribution in [3.8, 4) is 11.1 Å². The Hall–Kier alpha value is -2.59. The van der Waals surface area contributed by atoms with E-state index in [0.29, 0.717) is 17.0 Å². The van der Waals surface area contributed by atoms with Crippen molar-refractivity contribution in [3.63, 3.8) is 0 Å². The van der Waals surface area contributed by atoms with Crippen molar-refractivity contribution in [2.75, 3.05) is 5.32 Å². The highest BCUT2D eigenvalue weighted by molar-refractivity contribution is 6.34. The number of nitrogens with one attached hydrogen (secondary N) is 2. The predicted octanol–water partition coefficient (Wildman–Crippen LogP) is 3.45. The quantitative estimate of drug-likeness (QED) is 0.759. The first-order valence-electron chi connectivity index (χ1n) is 6.78. The fourth-order valence-corrected chi connectivity index (χ4v) is 2.94. The minimum absolute atomic E-state index is 0.00596. The van der Waals surface area contributed by atoms with Crippen molar-refractivity contribution >= 4 is 35.0 Å². The molecule has 0 aliphatic carbocycles. The summed E-state index contributed by atoms with van der Waals surface area (Å²) in [6.07, 6.45) is 2.96. The molecule has 0 saturated heterocycles. The van der Waals surface area contributed by atoms with Gasteiger partial charge < -0.3 is 16.5 Å². The van der Waals surface area contributed by atoms with Crippen LogP contribution < -0.4 is 11.1 Å². The molecule has 0 fully saturated rings. The lowest BCUT2D eigenvalue weighted by Gasteiger charge is -2.13. The highest BCUT2D eigenvalue weighted by atomic mass is 35.5. The lowest BCUT2D eigenvalue weighted by atomic mass is 9.93. The molecule has 0 unspecified atom stereocenters. The molecule has 2 aromatic carbocycles. The molecule has 1 aliphatic rings. The lowest BCUT2D eigenvalue weighted by Crippen LogP contribution is -2.03. The van der Waals surface area contributed by atoms with Crippen LogP contribution >= 0.6 is 11.6 Å². The number of anilines is 1. The third-order valence-corrected chi connectivity index (χ3v) is 3.99. The number of halogens is 1. The second-order valence-corrected chi connectivity index (χ2v) is 5.43. The molecule has 0 bridgehead atoms. The molecule has 22 heavy (non-hydrogen) atoms. The number of carbonyl (C=O) groups is 1. The van der Waals surface area contributed by atoms with E-state index in [2.05, 4.69) is 5.32 Å². The average Bonchev–Trinajstić information content (AvgIpc) is 2.88. The second-order valence-electron chi connectivity index (χ2n) is 5.03. The Morgan fingerprint density at radius 1 is 1.32 bits per heavy atom. The molecule has 4 N–H and O–H groups in total. The average molecular weight is 312 g/mol. The van der Waals surface area contributed by atoms with Crippen LogP contribution in [0.5, 0.6) is 0 Å². The number of fused-ring (bicyclic) bond motifs is 1. The summed E-state index contributed by atoms with van der Waals surface area (Å²) >= 11 is 6.38. The third kappa shape index (κ3) is 2.38. The van der Waals surface area contributed by atoms with E-state index in [1.165, 1.54) is 12.4 Å². The predicted molar refractivity (Wildman–Crippen MR) is 90.2 cm³/mol. The van der Waals surface area contributed by atoms with E-state index >= 15 is 0 Å². The van der Waals surface area contributed by atoms with Gasteiger partial charge in [0.2, 0.25) is 5.91 Å². The van der Waals surface area contributed by atoms with Crippen LogP contribution in [0, 0.1) is 5.41 Å². The van der Waals surface area contributed by atoms with Crippen LogP contribution in [-0.2, 0) is 11.2 Å². The van der Waals surface area contributed by atoms with Crippen molar-refractivity contribution in [3.05, 3.63) is 58.7 Å². The number of hydrogen-bond donors (Lipinski definition) is 3. The van der Waals surface area contributed by atoms with Gasteiger partial charge in [-0.1, -0.05) is 29.8 Å². The van der Waals surface area contributed by atoms with Crippen molar-refractivity contribution < 1.29 is 4.79 Å². The summed E-state index contributed by atoms with van der Waals surface area (Å²) < 4.78 is 0. The molecule has 0 saturated carbocycles. The number of allylic oxidation sites excluding steroid dienone is 1. The molecule has 1 amide bonds. The highest BCUT2D eigenvalue weighted by Gasteiger charge is 2.19. The standard InChI is InChI=1S/C17H14ClN3O/c18-14-3-1-2-13(12(8-19)9-20)17(14)10-4-5-15-11(6-10)7-16(22)21-15/h1-6,8-9,19H,7,20H2,(H,21,22)/b12-9+,19-8?. The molecule has 0 aromatic heterocycles. The fraction of sp³-hybridized carbons (Fsp3) is 0.0588. The third-order valence-electron chi connectivity index (χ3n) is 3.68. The summed E-state index contributed by atoms with van der Waals surface area (Å²) in [5.41, 5.74) is 10.5. The van der Waals surface area contributed by atoms with E-state index in [-0.39, 0.29) is 5.91 Å². The Morgan fingerprint density at radius 3 is 2.86 bits per heavy atom. The molecular weight excluding hydrogens is 298 g/mol. The van der Waals surface area contributed by atoms with Gasteiger partial charge in [0.05, 0.1) is 6.42 Å². The van der Waals surface area contributed by atoms with E-state index in [4.69, 9.17) is 22.7 Å². The maximum atomic E-state index is 11.5. The zero-order valence-corrected chi connectivity index (χ0v) is 12.4. The van der Waals surface area contributed by atoms with Gasteiger partial charge in [-0.25, -0.2) is 0 Å². The number of nitrogens with two attached hydrogens (primary N) is 1. The topological polar surface area (TPSA) is 79.0 Å². The molecule has 1 heterocycles. The van der Waals surface area contributed by atoms with E-state index < -0.39 is 0 Å². The van der Waals surface area contributed by atoms with Gasteiger partial charge >= 0.3 is 0 Å². The van der Waals surface area contributed by atoms with Crippen LogP contribution in [0.3, 0.4) is 0 Å². The van der Waals surface area contributed by atoms with Gasteiger partial charge in [-0.2, -0.15) is 0 Å². The molecular formula is C17H14ClN3O. The number of rotatable bonds is 3. The fourth-order valence-electron chi connectivity index (χ4n) is 2.66. The lowest BCUT2D eigenvalue weighted by molar-refractivity contribution is -0.115. The van der Waals surface area contributed by atoms with Gasteiger partial charge in [0.1, 0.15) is 0 Å². The van der Waals surface area contributed by atoms with Crippen LogP contribution in [0.1, 0.15) is 11.1 Å². The Morgan fingerprint density at radius 2 is 2.14 bits per heavy atom. The largest absolute Gasteiger partial charge is 0.404 e. The molecule has 0 atom stereocenters. The molecule has 3 rings (SSSR count). The van der Waals surface area contributed by atoms with Gasteiger partial charge in [0.15, 0.2) is 0 Å². The Labute approximate surface area is 133 Å². The van der Waals surface area contributed by atoms with Crippen LogP contribution in [0.15, 0.2) is 42.6 Å². The SMILES string of the molecule is N=C/C(=C\N)c1cccc(Cl)c1-c1ccc2c(c1)CC(=O)N2. The highest BCUT2D eigenvalue weighted by Crippen LogP contribution is 2.37. The van der Waals surface area contributed by atoms with Gasteiger partial charge in [-0.05, 0) is 34.9 Å².